The minimum Gasteiger partial charge on any atom is -0.469 e. The van der Waals surface area contributed by atoms with Crippen molar-refractivity contribution in [3.63, 3.8) is 0 Å². The number of methoxy groups -OCH3 is 1. The van der Waals surface area contributed by atoms with Crippen LogP contribution < -0.4 is 11.4 Å². The number of ether oxygens (including phenoxy) is 4. The minimum atomic E-state index is -0.556. The van der Waals surface area contributed by atoms with E-state index in [0.717, 1.165) is 0 Å². The van der Waals surface area contributed by atoms with Crippen molar-refractivity contribution in [3.8, 4) is 0 Å². The average Bonchev–Trinajstić information content (AvgIpc) is 2.57. The molecule has 9 nitrogen and oxygen atoms in total. The summed E-state index contributed by atoms with van der Waals surface area (Å²) in [6, 6.07) is 0.0158. The molecular weight excluding hydrogens is 332 g/mol. The second kappa shape index (κ2) is 15.4. The highest BCUT2D eigenvalue weighted by atomic mass is 16.7. The summed E-state index contributed by atoms with van der Waals surface area (Å²) in [6.07, 6.45) is 0.605. The molecule has 0 spiro atoms. The predicted molar refractivity (Wildman–Crippen MR) is 91.6 cm³/mol. The number of hydrogen-bond donors (Lipinski definition) is 2. The molecular formula is C16H34N2O7. The molecule has 0 heterocycles. The van der Waals surface area contributed by atoms with Gasteiger partial charge in [-0.2, -0.15) is 5.48 Å². The second-order valence-electron chi connectivity index (χ2n) is 6.15. The van der Waals surface area contributed by atoms with Gasteiger partial charge in [0, 0.05) is 6.04 Å². The van der Waals surface area contributed by atoms with Gasteiger partial charge in [0.25, 0.3) is 0 Å². The van der Waals surface area contributed by atoms with E-state index in [1.807, 2.05) is 20.8 Å². The van der Waals surface area contributed by atoms with Crippen molar-refractivity contribution in [2.45, 2.75) is 33.2 Å². The molecule has 0 aromatic rings. The van der Waals surface area contributed by atoms with E-state index >= 15 is 0 Å². The van der Waals surface area contributed by atoms with Gasteiger partial charge in [0.2, 0.25) is 0 Å². The van der Waals surface area contributed by atoms with Gasteiger partial charge >= 0.3 is 5.97 Å². The number of nitrogens with one attached hydrogen (secondary N) is 1. The molecule has 0 fully saturated rings. The van der Waals surface area contributed by atoms with Gasteiger partial charge in [-0.15, -0.1) is 0 Å². The van der Waals surface area contributed by atoms with Crippen LogP contribution in [-0.4, -0.2) is 72.0 Å². The third-order valence-corrected chi connectivity index (χ3v) is 3.26. The fourth-order valence-electron chi connectivity index (χ4n) is 2.12. The highest BCUT2D eigenvalue weighted by Gasteiger charge is 2.30. The Morgan fingerprint density at radius 3 is 1.92 bits per heavy atom. The van der Waals surface area contributed by atoms with E-state index in [1.165, 1.54) is 7.11 Å². The molecule has 0 rings (SSSR count). The third-order valence-electron chi connectivity index (χ3n) is 3.26. The van der Waals surface area contributed by atoms with Gasteiger partial charge in [0.05, 0.1) is 65.4 Å². The molecule has 0 aromatic heterocycles. The number of hydrogen-bond acceptors (Lipinski definition) is 9. The Labute approximate surface area is 150 Å². The summed E-state index contributed by atoms with van der Waals surface area (Å²) < 4.78 is 20.7. The number of carbonyl (C=O) groups excluding carboxylic acids is 1. The van der Waals surface area contributed by atoms with Crippen molar-refractivity contribution in [1.29, 1.82) is 0 Å². The lowest BCUT2D eigenvalue weighted by Crippen LogP contribution is -2.36. The molecule has 0 radical (unpaired) electrons. The zero-order valence-electron chi connectivity index (χ0n) is 15.9. The summed E-state index contributed by atoms with van der Waals surface area (Å²) >= 11 is 0. The number of hydroxylamine groups is 1. The van der Waals surface area contributed by atoms with Gasteiger partial charge in [-0.3, -0.25) is 9.63 Å². The van der Waals surface area contributed by atoms with Gasteiger partial charge in [0.15, 0.2) is 0 Å². The first-order chi connectivity index (χ1) is 11.9. The maximum atomic E-state index is 11.6. The molecule has 0 saturated heterocycles. The second-order valence-corrected chi connectivity index (χ2v) is 6.15. The largest absolute Gasteiger partial charge is 0.469 e. The molecule has 150 valence electrons. The van der Waals surface area contributed by atoms with Crippen LogP contribution in [0, 0.1) is 5.41 Å². The van der Waals surface area contributed by atoms with E-state index < -0.39 is 5.41 Å². The van der Waals surface area contributed by atoms with Crippen LogP contribution in [0.2, 0.25) is 0 Å². The van der Waals surface area contributed by atoms with Crippen LogP contribution in [0.25, 0.3) is 0 Å². The smallest absolute Gasteiger partial charge is 0.311 e. The Bertz CT molecular complexity index is 330. The number of rotatable bonds is 17. The van der Waals surface area contributed by atoms with Crippen molar-refractivity contribution >= 4 is 5.97 Å². The summed E-state index contributed by atoms with van der Waals surface area (Å²) in [5.41, 5.74) is 2.34. The zero-order chi connectivity index (χ0) is 19.0. The van der Waals surface area contributed by atoms with Gasteiger partial charge in [-0.05, 0) is 27.2 Å². The van der Waals surface area contributed by atoms with Crippen molar-refractivity contribution in [2.75, 3.05) is 60.0 Å². The summed E-state index contributed by atoms with van der Waals surface area (Å²) in [5.74, 6) is 4.63. The molecule has 9 heteroatoms. The van der Waals surface area contributed by atoms with E-state index in [0.29, 0.717) is 59.3 Å². The molecule has 0 amide bonds. The van der Waals surface area contributed by atoms with Crippen LogP contribution in [0.4, 0.5) is 0 Å². The lowest BCUT2D eigenvalue weighted by Gasteiger charge is -2.25. The molecule has 0 aromatic carbocycles. The highest BCUT2D eigenvalue weighted by Crippen LogP contribution is 2.23. The first kappa shape index (κ1) is 24.2. The molecule has 0 aliphatic carbocycles. The molecule has 25 heavy (non-hydrogen) atoms. The maximum Gasteiger partial charge on any atom is 0.311 e. The Morgan fingerprint density at radius 2 is 1.44 bits per heavy atom. The van der Waals surface area contributed by atoms with Gasteiger partial charge in [-0.1, -0.05) is 0 Å². The topological polar surface area (TPSA) is 111 Å². The number of carbonyl (C=O) groups is 1. The SMILES string of the molecule is COC(=O)C(C)(C)CC(C)NOCCOCCOCCOCCON. The Hall–Kier alpha value is -0.810. The van der Waals surface area contributed by atoms with Crippen LogP contribution in [-0.2, 0) is 33.4 Å². The summed E-state index contributed by atoms with van der Waals surface area (Å²) in [4.78, 5) is 21.3. The first-order valence-electron chi connectivity index (χ1n) is 8.44. The number of nitrogens with two attached hydrogens (primary N) is 1. The Kier molecular flexibility index (Phi) is 14.9. The molecule has 0 aliphatic heterocycles. The van der Waals surface area contributed by atoms with Crippen molar-refractivity contribution in [2.24, 2.45) is 11.3 Å². The highest BCUT2D eigenvalue weighted by molar-refractivity contribution is 5.75. The van der Waals surface area contributed by atoms with Crippen LogP contribution in [0.5, 0.6) is 0 Å². The Morgan fingerprint density at radius 1 is 0.960 bits per heavy atom. The van der Waals surface area contributed by atoms with E-state index in [9.17, 15) is 4.79 Å². The summed E-state index contributed by atoms with van der Waals surface area (Å²) in [5, 5.41) is 0. The van der Waals surface area contributed by atoms with Crippen molar-refractivity contribution in [1.82, 2.24) is 5.48 Å². The zero-order valence-corrected chi connectivity index (χ0v) is 15.9. The van der Waals surface area contributed by atoms with E-state index in [-0.39, 0.29) is 12.0 Å². The molecule has 3 N–H and O–H groups in total. The van der Waals surface area contributed by atoms with E-state index in [4.69, 9.17) is 29.7 Å². The van der Waals surface area contributed by atoms with Crippen molar-refractivity contribution < 1.29 is 33.4 Å². The van der Waals surface area contributed by atoms with E-state index in [1.54, 1.807) is 0 Å². The lowest BCUT2D eigenvalue weighted by atomic mass is 9.86. The van der Waals surface area contributed by atoms with Crippen LogP contribution in [0.3, 0.4) is 0 Å². The van der Waals surface area contributed by atoms with E-state index in [2.05, 4.69) is 10.3 Å². The molecule has 1 unspecified atom stereocenters. The lowest BCUT2D eigenvalue weighted by molar-refractivity contribution is -0.152. The minimum absolute atomic E-state index is 0.0158. The standard InChI is InChI=1S/C16H34N2O7/c1-14(13-16(2,3)15(19)20-4)18-25-12-10-23-8-6-21-5-7-22-9-11-24-17/h14,18H,5-13,17H2,1-4H3. The number of esters is 1. The summed E-state index contributed by atoms with van der Waals surface area (Å²) in [6.45, 7) is 9.30. The maximum absolute atomic E-state index is 11.6. The predicted octanol–water partition coefficient (Wildman–Crippen LogP) is 0.426. The van der Waals surface area contributed by atoms with Gasteiger partial charge in [-0.25, -0.2) is 5.90 Å². The first-order valence-corrected chi connectivity index (χ1v) is 8.44. The van der Waals surface area contributed by atoms with Gasteiger partial charge in [0.1, 0.15) is 0 Å². The third kappa shape index (κ3) is 14.1. The van der Waals surface area contributed by atoms with Crippen LogP contribution >= 0.6 is 0 Å². The monoisotopic (exact) mass is 366 g/mol. The molecule has 0 bridgehead atoms. The van der Waals surface area contributed by atoms with Crippen molar-refractivity contribution in [3.05, 3.63) is 0 Å². The molecule has 0 saturated carbocycles. The van der Waals surface area contributed by atoms with Crippen LogP contribution in [0.1, 0.15) is 27.2 Å². The summed E-state index contributed by atoms with van der Waals surface area (Å²) in [7, 11) is 1.39. The van der Waals surface area contributed by atoms with Crippen LogP contribution in [0.15, 0.2) is 0 Å². The molecule has 0 aliphatic rings. The fourth-order valence-corrected chi connectivity index (χ4v) is 2.12. The van der Waals surface area contributed by atoms with Gasteiger partial charge < -0.3 is 23.8 Å². The molecule has 1 atom stereocenters. The normalized spacial score (nSPS) is 13.0. The quantitative estimate of drug-likeness (QED) is 0.215. The average molecular weight is 366 g/mol. The fraction of sp³-hybridized carbons (Fsp3) is 0.938. The Balaban J connectivity index is 3.39.